The minimum Gasteiger partial charge on any atom is -0.373 e. The van der Waals surface area contributed by atoms with E-state index in [2.05, 4.69) is 4.72 Å². The van der Waals surface area contributed by atoms with Crippen molar-refractivity contribution >= 4 is 22.0 Å². The Kier molecular flexibility index (Phi) is 6.84. The Balaban J connectivity index is 1.74. The fourth-order valence-corrected chi connectivity index (χ4v) is 4.79. The van der Waals surface area contributed by atoms with Crippen LogP contribution in [0.15, 0.2) is 24.3 Å². The maximum Gasteiger partial charge on any atom is 0.279 e. The van der Waals surface area contributed by atoms with Gasteiger partial charge in [0.2, 0.25) is 0 Å². The molecular weight excluding hydrogens is 339 g/mol. The molecule has 0 aromatic heterocycles. The van der Waals surface area contributed by atoms with Gasteiger partial charge in [0, 0.05) is 31.1 Å². The van der Waals surface area contributed by atoms with E-state index >= 15 is 0 Å². The Bertz CT molecular complexity index is 602. The van der Waals surface area contributed by atoms with Crippen LogP contribution < -0.4 is 4.72 Å². The molecule has 2 unspecified atom stereocenters. The van der Waals surface area contributed by atoms with Crippen molar-refractivity contribution in [2.45, 2.75) is 31.8 Å². The van der Waals surface area contributed by atoms with E-state index in [4.69, 9.17) is 4.74 Å². The Hall–Kier alpha value is -0.670. The van der Waals surface area contributed by atoms with Gasteiger partial charge in [0.1, 0.15) is 5.82 Å². The highest BCUT2D eigenvalue weighted by Crippen LogP contribution is 2.16. The van der Waals surface area contributed by atoms with Gasteiger partial charge in [-0.3, -0.25) is 0 Å². The van der Waals surface area contributed by atoms with Gasteiger partial charge in [-0.25, -0.2) is 9.11 Å². The maximum atomic E-state index is 13.5. The Labute approximate surface area is 141 Å². The standard InChI is InChI=1S/C15H23FN2O3S2/c1-12-9-18(10-13(2)21-12)23(19,20)17-7-8-22-11-14-5-3-4-6-15(14)16/h3-6,12-13,17H,7-11H2,1-2H3. The summed E-state index contributed by atoms with van der Waals surface area (Å²) in [6.07, 6.45) is -0.212. The molecule has 23 heavy (non-hydrogen) atoms. The van der Waals surface area contributed by atoms with E-state index in [1.54, 1.807) is 18.2 Å². The van der Waals surface area contributed by atoms with Crippen molar-refractivity contribution in [3.63, 3.8) is 0 Å². The van der Waals surface area contributed by atoms with E-state index in [9.17, 15) is 12.8 Å². The molecule has 0 saturated carbocycles. The molecule has 1 saturated heterocycles. The third-order valence-corrected chi connectivity index (χ3v) is 6.03. The number of rotatable bonds is 7. The number of morpholine rings is 1. The second kappa shape index (κ2) is 8.43. The summed E-state index contributed by atoms with van der Waals surface area (Å²) in [5.74, 6) is 0.889. The molecule has 1 aliphatic rings. The number of nitrogens with one attached hydrogen (secondary N) is 1. The van der Waals surface area contributed by atoms with Gasteiger partial charge in [0.25, 0.3) is 10.2 Å². The minimum absolute atomic E-state index is 0.106. The quantitative estimate of drug-likeness (QED) is 0.754. The fourth-order valence-electron chi connectivity index (χ4n) is 2.46. The molecule has 0 spiro atoms. The van der Waals surface area contributed by atoms with Crippen molar-refractivity contribution < 1.29 is 17.5 Å². The summed E-state index contributed by atoms with van der Waals surface area (Å²) in [5.41, 5.74) is 0.635. The van der Waals surface area contributed by atoms with Crippen molar-refractivity contribution in [3.05, 3.63) is 35.6 Å². The number of hydrogen-bond acceptors (Lipinski definition) is 4. The molecule has 1 aromatic rings. The van der Waals surface area contributed by atoms with Crippen LogP contribution in [0.4, 0.5) is 4.39 Å². The van der Waals surface area contributed by atoms with Crippen molar-refractivity contribution in [2.75, 3.05) is 25.4 Å². The summed E-state index contributed by atoms with van der Waals surface area (Å²) >= 11 is 1.50. The smallest absolute Gasteiger partial charge is 0.279 e. The van der Waals surface area contributed by atoms with Crippen molar-refractivity contribution in [1.82, 2.24) is 9.03 Å². The highest BCUT2D eigenvalue weighted by molar-refractivity contribution is 7.98. The molecule has 2 atom stereocenters. The highest BCUT2D eigenvalue weighted by Gasteiger charge is 2.30. The maximum absolute atomic E-state index is 13.5. The molecule has 0 radical (unpaired) electrons. The number of ether oxygens (including phenoxy) is 1. The topological polar surface area (TPSA) is 58.6 Å². The van der Waals surface area contributed by atoms with Crippen LogP contribution in [0.1, 0.15) is 19.4 Å². The molecule has 0 bridgehead atoms. The summed E-state index contributed by atoms with van der Waals surface area (Å²) in [6.45, 7) is 4.77. The first-order valence-corrected chi connectivity index (χ1v) is 10.2. The van der Waals surface area contributed by atoms with Crippen molar-refractivity contribution in [2.24, 2.45) is 0 Å². The van der Waals surface area contributed by atoms with Crippen LogP contribution in [-0.2, 0) is 20.7 Å². The minimum atomic E-state index is -3.49. The third-order valence-electron chi connectivity index (χ3n) is 3.47. The molecule has 1 fully saturated rings. The van der Waals surface area contributed by atoms with Crippen LogP contribution in [0.25, 0.3) is 0 Å². The zero-order valence-corrected chi connectivity index (χ0v) is 15.0. The molecule has 0 aliphatic carbocycles. The predicted octanol–water partition coefficient (Wildman–Crippen LogP) is 2.00. The average molecular weight is 362 g/mol. The van der Waals surface area contributed by atoms with Gasteiger partial charge in [0.05, 0.1) is 12.2 Å². The van der Waals surface area contributed by atoms with E-state index in [1.807, 2.05) is 13.8 Å². The molecule has 0 amide bonds. The Morgan fingerprint density at radius 1 is 1.30 bits per heavy atom. The summed E-state index contributed by atoms with van der Waals surface area (Å²) in [5, 5.41) is 0. The number of hydrogen-bond donors (Lipinski definition) is 1. The average Bonchev–Trinajstić information content (AvgIpc) is 2.47. The second-order valence-electron chi connectivity index (χ2n) is 5.62. The van der Waals surface area contributed by atoms with E-state index in [0.29, 0.717) is 36.7 Å². The molecular formula is C15H23FN2O3S2. The SMILES string of the molecule is CC1CN(S(=O)(=O)NCCSCc2ccccc2F)CC(C)O1. The molecule has 1 aliphatic heterocycles. The van der Waals surface area contributed by atoms with Gasteiger partial charge in [-0.15, -0.1) is 0 Å². The predicted molar refractivity (Wildman–Crippen MR) is 91.1 cm³/mol. The van der Waals surface area contributed by atoms with E-state index < -0.39 is 10.2 Å². The van der Waals surface area contributed by atoms with E-state index in [1.165, 1.54) is 22.1 Å². The van der Waals surface area contributed by atoms with Crippen LogP contribution >= 0.6 is 11.8 Å². The Morgan fingerprint density at radius 2 is 1.96 bits per heavy atom. The summed E-state index contributed by atoms with van der Waals surface area (Å²) in [4.78, 5) is 0. The summed E-state index contributed by atoms with van der Waals surface area (Å²) < 4.78 is 47.5. The Morgan fingerprint density at radius 3 is 2.61 bits per heavy atom. The lowest BCUT2D eigenvalue weighted by Crippen LogP contribution is -2.52. The molecule has 1 aromatic carbocycles. The zero-order valence-electron chi connectivity index (χ0n) is 13.4. The molecule has 130 valence electrons. The normalized spacial score (nSPS) is 23.1. The fraction of sp³-hybridized carbons (Fsp3) is 0.600. The number of halogens is 1. The highest BCUT2D eigenvalue weighted by atomic mass is 32.2. The molecule has 8 heteroatoms. The van der Waals surface area contributed by atoms with E-state index in [-0.39, 0.29) is 18.0 Å². The molecule has 2 rings (SSSR count). The number of thioether (sulfide) groups is 1. The molecule has 1 N–H and O–H groups in total. The van der Waals surface area contributed by atoms with Crippen LogP contribution in [0, 0.1) is 5.82 Å². The third kappa shape index (κ3) is 5.72. The van der Waals surface area contributed by atoms with Gasteiger partial charge in [0.15, 0.2) is 0 Å². The molecule has 5 nitrogen and oxygen atoms in total. The first-order chi connectivity index (χ1) is 10.9. The first-order valence-electron chi connectivity index (χ1n) is 7.60. The zero-order chi connectivity index (χ0) is 16.9. The van der Waals surface area contributed by atoms with Gasteiger partial charge >= 0.3 is 0 Å². The van der Waals surface area contributed by atoms with Crippen LogP contribution in [-0.4, -0.2) is 50.3 Å². The lowest BCUT2D eigenvalue weighted by Gasteiger charge is -2.34. The van der Waals surface area contributed by atoms with Gasteiger partial charge in [-0.1, -0.05) is 18.2 Å². The van der Waals surface area contributed by atoms with Crippen LogP contribution in [0.2, 0.25) is 0 Å². The largest absolute Gasteiger partial charge is 0.373 e. The van der Waals surface area contributed by atoms with Crippen molar-refractivity contribution in [3.8, 4) is 0 Å². The summed E-state index contributed by atoms with van der Waals surface area (Å²) in [7, 11) is -3.49. The number of nitrogens with zero attached hydrogens (tertiary/aromatic N) is 1. The van der Waals surface area contributed by atoms with Crippen LogP contribution in [0.3, 0.4) is 0 Å². The van der Waals surface area contributed by atoms with Gasteiger partial charge in [-0.2, -0.15) is 24.5 Å². The van der Waals surface area contributed by atoms with Crippen molar-refractivity contribution in [1.29, 1.82) is 0 Å². The lowest BCUT2D eigenvalue weighted by atomic mass is 10.2. The second-order valence-corrected chi connectivity index (χ2v) is 8.48. The lowest BCUT2D eigenvalue weighted by molar-refractivity contribution is -0.0443. The van der Waals surface area contributed by atoms with E-state index in [0.717, 1.165) is 0 Å². The molecule has 1 heterocycles. The number of benzene rings is 1. The monoisotopic (exact) mass is 362 g/mol. The van der Waals surface area contributed by atoms with Crippen LogP contribution in [0.5, 0.6) is 0 Å². The first kappa shape index (κ1) is 18.7. The summed E-state index contributed by atoms with van der Waals surface area (Å²) in [6, 6.07) is 6.62. The van der Waals surface area contributed by atoms with Gasteiger partial charge < -0.3 is 4.74 Å². The van der Waals surface area contributed by atoms with Gasteiger partial charge in [-0.05, 0) is 25.5 Å².